The van der Waals surface area contributed by atoms with Crippen LogP contribution in [0, 0.1) is 0 Å². The van der Waals surface area contributed by atoms with E-state index >= 15 is 0 Å². The molecule has 0 saturated carbocycles. The lowest BCUT2D eigenvalue weighted by Gasteiger charge is -2.27. The molecule has 1 aliphatic heterocycles. The Morgan fingerprint density at radius 2 is 0.931 bits per heavy atom. The maximum Gasteiger partial charge on any atom is 0.320 e. The molecule has 0 amide bonds. The minimum Gasteiger partial charge on any atom is -0.480 e. The van der Waals surface area contributed by atoms with Crippen molar-refractivity contribution in [2.75, 3.05) is 58.9 Å². The van der Waals surface area contributed by atoms with Crippen LogP contribution in [0.3, 0.4) is 0 Å². The second-order valence-electron chi connectivity index (χ2n) is 9.40. The van der Waals surface area contributed by atoms with E-state index in [1.165, 1.54) is 0 Å². The summed E-state index contributed by atoms with van der Waals surface area (Å²) in [6, 6.07) is 0. The van der Waals surface area contributed by atoms with Gasteiger partial charge >= 0.3 is 17.9 Å². The summed E-state index contributed by atoms with van der Waals surface area (Å²) in [7, 11) is 0. The maximum absolute atomic E-state index is 12.2. The molecule has 0 atom stereocenters. The van der Waals surface area contributed by atoms with Gasteiger partial charge in [-0.05, 0) is 41.5 Å². The van der Waals surface area contributed by atoms with Crippen molar-refractivity contribution >= 4 is 17.9 Å². The van der Waals surface area contributed by atoms with Crippen LogP contribution in [0.5, 0.6) is 0 Å². The Kier molecular flexibility index (Phi) is 9.51. The number of esters is 2. The topological polar surface area (TPSA) is 99.6 Å². The lowest BCUT2D eigenvalue weighted by Crippen LogP contribution is -2.42. The summed E-state index contributed by atoms with van der Waals surface area (Å²) in [6.07, 6.45) is 0. The van der Waals surface area contributed by atoms with Crippen molar-refractivity contribution < 1.29 is 29.0 Å². The number of hydrogen-bond acceptors (Lipinski definition) is 8. The van der Waals surface area contributed by atoms with Gasteiger partial charge in [0.15, 0.2) is 0 Å². The fourth-order valence-corrected chi connectivity index (χ4v) is 2.96. The SMILES string of the molecule is CC(C)(C)OC(=O)CN1CCN(CC(=O)O)CCN(CC(=O)OC(C)(C)C)CC1. The lowest BCUT2D eigenvalue weighted by atomic mass is 10.2. The van der Waals surface area contributed by atoms with Gasteiger partial charge in [0.25, 0.3) is 0 Å². The molecule has 0 aliphatic carbocycles. The van der Waals surface area contributed by atoms with Crippen molar-refractivity contribution in [1.29, 1.82) is 0 Å². The van der Waals surface area contributed by atoms with E-state index in [9.17, 15) is 14.4 Å². The summed E-state index contributed by atoms with van der Waals surface area (Å²) in [5.74, 6) is -1.54. The Labute approximate surface area is 173 Å². The Hall–Kier alpha value is -1.71. The molecule has 0 unspecified atom stereocenters. The molecule has 1 heterocycles. The Morgan fingerprint density at radius 1 is 0.655 bits per heavy atom. The average Bonchev–Trinajstić information content (AvgIpc) is 2.56. The van der Waals surface area contributed by atoms with Crippen molar-refractivity contribution in [1.82, 2.24) is 14.7 Å². The van der Waals surface area contributed by atoms with Crippen molar-refractivity contribution in [2.45, 2.75) is 52.7 Å². The molecule has 168 valence electrons. The highest BCUT2D eigenvalue weighted by molar-refractivity contribution is 5.72. The number of rotatable bonds is 6. The molecule has 0 aromatic rings. The monoisotopic (exact) mass is 415 g/mol. The number of nitrogens with zero attached hydrogens (tertiary/aromatic N) is 3. The van der Waals surface area contributed by atoms with Crippen LogP contribution in [0.4, 0.5) is 0 Å². The first-order valence-corrected chi connectivity index (χ1v) is 10.1. The van der Waals surface area contributed by atoms with Crippen molar-refractivity contribution in [3.05, 3.63) is 0 Å². The molecule has 1 rings (SSSR count). The van der Waals surface area contributed by atoms with E-state index in [0.29, 0.717) is 39.3 Å². The summed E-state index contributed by atoms with van der Waals surface area (Å²) in [5.41, 5.74) is -1.12. The first kappa shape index (κ1) is 25.3. The van der Waals surface area contributed by atoms with Crippen molar-refractivity contribution in [3.8, 4) is 0 Å². The fraction of sp³-hybridized carbons (Fsp3) is 0.850. The molecule has 29 heavy (non-hydrogen) atoms. The number of ether oxygens (including phenoxy) is 2. The summed E-state index contributed by atoms with van der Waals surface area (Å²) < 4.78 is 10.8. The summed E-state index contributed by atoms with van der Waals surface area (Å²) in [5, 5.41) is 9.16. The molecule has 0 radical (unpaired) electrons. The predicted octanol–water partition coefficient (Wildman–Crippen LogP) is 0.674. The van der Waals surface area contributed by atoms with Gasteiger partial charge in [0, 0.05) is 39.3 Å². The molecular weight excluding hydrogens is 378 g/mol. The minimum atomic E-state index is -0.901. The first-order valence-electron chi connectivity index (χ1n) is 10.1. The standard InChI is InChI=1S/C20H37N3O6/c1-19(2,3)28-17(26)14-22-9-7-21(13-16(24)25)8-10-23(12-11-22)15-18(27)29-20(4,5)6/h7-15H2,1-6H3,(H,24,25). The third-order valence-corrected chi connectivity index (χ3v) is 4.10. The third kappa shape index (κ3) is 12.5. The average molecular weight is 416 g/mol. The molecule has 0 aromatic heterocycles. The number of carboxylic acids is 1. The van der Waals surface area contributed by atoms with Crippen LogP contribution < -0.4 is 0 Å². The van der Waals surface area contributed by atoms with Crippen molar-refractivity contribution in [2.24, 2.45) is 0 Å². The highest BCUT2D eigenvalue weighted by atomic mass is 16.6. The van der Waals surface area contributed by atoms with Crippen LogP contribution in [-0.4, -0.2) is 108 Å². The van der Waals surface area contributed by atoms with Gasteiger partial charge in [-0.3, -0.25) is 29.1 Å². The van der Waals surface area contributed by atoms with Crippen LogP contribution in [0.15, 0.2) is 0 Å². The molecule has 0 spiro atoms. The van der Waals surface area contributed by atoms with Gasteiger partial charge in [-0.25, -0.2) is 0 Å². The number of aliphatic carboxylic acids is 1. The van der Waals surface area contributed by atoms with Crippen LogP contribution >= 0.6 is 0 Å². The van der Waals surface area contributed by atoms with Crippen LogP contribution in [0.2, 0.25) is 0 Å². The van der Waals surface area contributed by atoms with Gasteiger partial charge < -0.3 is 14.6 Å². The van der Waals surface area contributed by atoms with Gasteiger partial charge in [-0.1, -0.05) is 0 Å². The first-order chi connectivity index (χ1) is 13.2. The predicted molar refractivity (Wildman–Crippen MR) is 109 cm³/mol. The van der Waals surface area contributed by atoms with E-state index in [1.807, 2.05) is 56.2 Å². The Balaban J connectivity index is 2.78. The molecule has 1 N–H and O–H groups in total. The zero-order valence-corrected chi connectivity index (χ0v) is 18.7. The molecule has 9 nitrogen and oxygen atoms in total. The van der Waals surface area contributed by atoms with Crippen LogP contribution in [0.1, 0.15) is 41.5 Å². The largest absolute Gasteiger partial charge is 0.480 e. The molecule has 1 fully saturated rings. The highest BCUT2D eigenvalue weighted by Crippen LogP contribution is 2.10. The van der Waals surface area contributed by atoms with Gasteiger partial charge in [-0.2, -0.15) is 0 Å². The molecule has 1 aliphatic rings. The normalized spacial score (nSPS) is 18.4. The van der Waals surface area contributed by atoms with E-state index in [0.717, 1.165) is 0 Å². The van der Waals surface area contributed by atoms with E-state index < -0.39 is 17.2 Å². The number of hydrogen-bond donors (Lipinski definition) is 1. The minimum absolute atomic E-state index is 0.0828. The number of carbonyl (C=O) groups excluding carboxylic acids is 2. The van der Waals surface area contributed by atoms with Gasteiger partial charge in [0.2, 0.25) is 0 Å². The Bertz CT molecular complexity index is 526. The summed E-state index contributed by atoms with van der Waals surface area (Å²) in [6.45, 7) is 14.4. The summed E-state index contributed by atoms with van der Waals surface area (Å²) in [4.78, 5) is 41.3. The summed E-state index contributed by atoms with van der Waals surface area (Å²) >= 11 is 0. The number of carbonyl (C=O) groups is 3. The zero-order chi connectivity index (χ0) is 22.2. The molecule has 0 bridgehead atoms. The quantitative estimate of drug-likeness (QED) is 0.628. The third-order valence-electron chi connectivity index (χ3n) is 4.10. The molecular formula is C20H37N3O6. The van der Waals surface area contributed by atoms with Gasteiger partial charge in [0.1, 0.15) is 11.2 Å². The molecule has 1 saturated heterocycles. The van der Waals surface area contributed by atoms with E-state index in [4.69, 9.17) is 14.6 Å². The highest BCUT2D eigenvalue weighted by Gasteiger charge is 2.24. The van der Waals surface area contributed by atoms with E-state index in [-0.39, 0.29) is 31.6 Å². The smallest absolute Gasteiger partial charge is 0.320 e. The van der Waals surface area contributed by atoms with E-state index in [1.54, 1.807) is 0 Å². The molecule has 9 heteroatoms. The second-order valence-corrected chi connectivity index (χ2v) is 9.40. The van der Waals surface area contributed by atoms with Crippen molar-refractivity contribution in [3.63, 3.8) is 0 Å². The van der Waals surface area contributed by atoms with Crippen LogP contribution in [0.25, 0.3) is 0 Å². The molecule has 0 aromatic carbocycles. The fourth-order valence-electron chi connectivity index (χ4n) is 2.96. The van der Waals surface area contributed by atoms with Gasteiger partial charge in [0.05, 0.1) is 19.6 Å². The van der Waals surface area contributed by atoms with Gasteiger partial charge in [-0.15, -0.1) is 0 Å². The lowest BCUT2D eigenvalue weighted by molar-refractivity contribution is -0.158. The van der Waals surface area contributed by atoms with Crippen LogP contribution in [-0.2, 0) is 23.9 Å². The Morgan fingerprint density at radius 3 is 1.17 bits per heavy atom. The van der Waals surface area contributed by atoms with E-state index in [2.05, 4.69) is 0 Å². The number of carboxylic acid groups (broad SMARTS) is 1. The zero-order valence-electron chi connectivity index (χ0n) is 18.7. The second kappa shape index (κ2) is 10.9. The maximum atomic E-state index is 12.2.